The molecule has 1 aliphatic heterocycles. The van der Waals surface area contributed by atoms with Gasteiger partial charge in [-0.2, -0.15) is 5.10 Å². The topological polar surface area (TPSA) is 129 Å². The summed E-state index contributed by atoms with van der Waals surface area (Å²) in [6, 6.07) is 8.92. The molecule has 0 radical (unpaired) electrons. The Labute approximate surface area is 186 Å². The van der Waals surface area contributed by atoms with E-state index >= 15 is 0 Å². The predicted octanol–water partition coefficient (Wildman–Crippen LogP) is 1.60. The molecule has 3 aliphatic rings. The zero-order valence-corrected chi connectivity index (χ0v) is 18.2. The molecule has 9 nitrogen and oxygen atoms in total. The first-order valence-corrected chi connectivity index (χ1v) is 11.1. The van der Waals surface area contributed by atoms with Gasteiger partial charge in [-0.3, -0.25) is 14.5 Å². The van der Waals surface area contributed by atoms with Crippen LogP contribution in [0.15, 0.2) is 35.4 Å². The van der Waals surface area contributed by atoms with Crippen molar-refractivity contribution in [2.45, 2.75) is 51.4 Å². The molecule has 1 aromatic rings. The number of carbonyl (C=O) groups is 3. The van der Waals surface area contributed by atoms with Gasteiger partial charge < -0.3 is 14.9 Å². The second-order valence-corrected chi connectivity index (χ2v) is 8.72. The number of likely N-dealkylation sites (tertiary alicyclic amines) is 1. The number of fused-ring (bicyclic) bond motifs is 3. The van der Waals surface area contributed by atoms with Crippen molar-refractivity contribution in [3.8, 4) is 0 Å². The average molecular weight is 444 g/mol. The number of amides is 3. The maximum Gasteiger partial charge on any atom is 0.427 e. The van der Waals surface area contributed by atoms with Gasteiger partial charge in [0, 0.05) is 24.0 Å². The third-order valence-corrected chi connectivity index (χ3v) is 7.05. The fourth-order valence-corrected chi connectivity index (χ4v) is 5.57. The standard InChI is InChI=1S/C23H29N3O6/c1-3-32-23(31)25-24-16-11-17(27)20(28)18-14(16)9-10-15-19(18)22(30)26(21(15)29)12(2)13-7-5-4-6-8-13/h4-8,12,14-15,17-20,27-28H,3,9-11H2,1-2H3,(H,25,31)/t12-,14+,15+,17+,18-,19-,20+/m0/s1. The first-order chi connectivity index (χ1) is 15.3. The zero-order chi connectivity index (χ0) is 23.0. The van der Waals surface area contributed by atoms with Crippen LogP contribution in [0.3, 0.4) is 0 Å². The number of hydrogen-bond acceptors (Lipinski definition) is 7. The SMILES string of the molecule is CCOC(=O)NN=C1C[C@@H](O)[C@@H](O)[C@@H]2[C@H]3C(=O)N([C@@H](C)c4ccccc4)C(=O)[C@@H]3CC[C@H]12. The van der Waals surface area contributed by atoms with E-state index < -0.39 is 42.1 Å². The Kier molecular flexibility index (Phi) is 6.30. The zero-order valence-electron chi connectivity index (χ0n) is 18.2. The van der Waals surface area contributed by atoms with Gasteiger partial charge in [0.25, 0.3) is 0 Å². The summed E-state index contributed by atoms with van der Waals surface area (Å²) in [6.45, 7) is 3.69. The van der Waals surface area contributed by atoms with Gasteiger partial charge >= 0.3 is 6.09 Å². The van der Waals surface area contributed by atoms with E-state index in [2.05, 4.69) is 10.5 Å². The number of nitrogens with one attached hydrogen (secondary N) is 1. The van der Waals surface area contributed by atoms with Crippen LogP contribution in [0.4, 0.5) is 4.79 Å². The highest BCUT2D eigenvalue weighted by Crippen LogP contribution is 2.50. The Morgan fingerprint density at radius 2 is 1.88 bits per heavy atom. The van der Waals surface area contributed by atoms with E-state index in [9.17, 15) is 24.6 Å². The molecular weight excluding hydrogens is 414 g/mol. The second-order valence-electron chi connectivity index (χ2n) is 8.72. The smallest absolute Gasteiger partial charge is 0.427 e. The predicted molar refractivity (Wildman–Crippen MR) is 114 cm³/mol. The second kappa shape index (κ2) is 8.99. The van der Waals surface area contributed by atoms with Crippen molar-refractivity contribution in [2.24, 2.45) is 28.8 Å². The van der Waals surface area contributed by atoms with E-state index in [0.717, 1.165) is 5.56 Å². The van der Waals surface area contributed by atoms with Crippen LogP contribution in [-0.4, -0.2) is 57.5 Å². The van der Waals surface area contributed by atoms with Crippen LogP contribution < -0.4 is 5.43 Å². The van der Waals surface area contributed by atoms with Gasteiger partial charge in [0.15, 0.2) is 0 Å². The summed E-state index contributed by atoms with van der Waals surface area (Å²) < 4.78 is 4.83. The number of hydrogen-bond donors (Lipinski definition) is 3. The van der Waals surface area contributed by atoms with Crippen LogP contribution in [0.5, 0.6) is 0 Å². The number of imide groups is 1. The molecule has 32 heavy (non-hydrogen) atoms. The Morgan fingerprint density at radius 1 is 1.19 bits per heavy atom. The maximum absolute atomic E-state index is 13.5. The molecule has 3 fully saturated rings. The lowest BCUT2D eigenvalue weighted by atomic mass is 9.60. The molecule has 4 rings (SSSR count). The number of carbonyl (C=O) groups excluding carboxylic acids is 3. The number of nitrogens with zero attached hydrogens (tertiary/aromatic N) is 2. The highest BCUT2D eigenvalue weighted by Gasteiger charge is 2.60. The van der Waals surface area contributed by atoms with Gasteiger partial charge in [-0.15, -0.1) is 0 Å². The molecule has 1 aromatic carbocycles. The number of aliphatic hydroxyl groups excluding tert-OH is 2. The molecule has 2 aliphatic carbocycles. The van der Waals surface area contributed by atoms with Crippen molar-refractivity contribution >= 4 is 23.6 Å². The highest BCUT2D eigenvalue weighted by atomic mass is 16.5. The largest absolute Gasteiger partial charge is 0.449 e. The van der Waals surface area contributed by atoms with Crippen LogP contribution in [0.1, 0.15) is 44.7 Å². The Balaban J connectivity index is 1.62. The minimum absolute atomic E-state index is 0.0817. The molecule has 0 unspecified atom stereocenters. The molecular formula is C23H29N3O6. The molecule has 9 heteroatoms. The van der Waals surface area contributed by atoms with Crippen LogP contribution in [-0.2, 0) is 14.3 Å². The minimum Gasteiger partial charge on any atom is -0.449 e. The molecule has 0 aromatic heterocycles. The van der Waals surface area contributed by atoms with E-state index in [-0.39, 0.29) is 30.8 Å². The van der Waals surface area contributed by atoms with Crippen molar-refractivity contribution in [3.63, 3.8) is 0 Å². The van der Waals surface area contributed by atoms with Gasteiger partial charge in [0.05, 0.1) is 36.7 Å². The Morgan fingerprint density at radius 3 is 2.56 bits per heavy atom. The maximum atomic E-state index is 13.5. The molecule has 2 saturated carbocycles. The third kappa shape index (κ3) is 3.80. The summed E-state index contributed by atoms with van der Waals surface area (Å²) in [6.07, 6.45) is -1.90. The third-order valence-electron chi connectivity index (χ3n) is 7.05. The van der Waals surface area contributed by atoms with Crippen molar-refractivity contribution in [1.82, 2.24) is 10.3 Å². The van der Waals surface area contributed by atoms with E-state index in [1.54, 1.807) is 6.92 Å². The van der Waals surface area contributed by atoms with E-state index in [1.807, 2.05) is 37.3 Å². The van der Waals surface area contributed by atoms with Gasteiger partial charge in [0.2, 0.25) is 11.8 Å². The van der Waals surface area contributed by atoms with Gasteiger partial charge in [-0.25, -0.2) is 10.2 Å². The van der Waals surface area contributed by atoms with Crippen molar-refractivity contribution < 1.29 is 29.3 Å². The van der Waals surface area contributed by atoms with Crippen molar-refractivity contribution in [1.29, 1.82) is 0 Å². The van der Waals surface area contributed by atoms with Crippen molar-refractivity contribution in [3.05, 3.63) is 35.9 Å². The van der Waals surface area contributed by atoms with Crippen LogP contribution >= 0.6 is 0 Å². The van der Waals surface area contributed by atoms with Crippen molar-refractivity contribution in [2.75, 3.05) is 6.61 Å². The number of hydrazone groups is 1. The first-order valence-electron chi connectivity index (χ1n) is 11.1. The molecule has 1 heterocycles. The summed E-state index contributed by atoms with van der Waals surface area (Å²) >= 11 is 0. The lowest BCUT2D eigenvalue weighted by molar-refractivity contribution is -0.144. The van der Waals surface area contributed by atoms with Gasteiger partial charge in [-0.05, 0) is 32.3 Å². The molecule has 7 atom stereocenters. The lowest BCUT2D eigenvalue weighted by Crippen LogP contribution is -2.55. The highest BCUT2D eigenvalue weighted by molar-refractivity contribution is 6.06. The first kappa shape index (κ1) is 22.4. The molecule has 3 N–H and O–H groups in total. The summed E-state index contributed by atoms with van der Waals surface area (Å²) in [5.74, 6) is -2.79. The fraction of sp³-hybridized carbons (Fsp3) is 0.565. The molecule has 0 spiro atoms. The quantitative estimate of drug-likeness (QED) is 0.479. The molecule has 1 saturated heterocycles. The van der Waals surface area contributed by atoms with Gasteiger partial charge in [0.1, 0.15) is 0 Å². The summed E-state index contributed by atoms with van der Waals surface area (Å²) in [7, 11) is 0. The molecule has 172 valence electrons. The number of ether oxygens (including phenoxy) is 1. The van der Waals surface area contributed by atoms with Crippen LogP contribution in [0, 0.1) is 23.7 Å². The fourth-order valence-electron chi connectivity index (χ4n) is 5.57. The summed E-state index contributed by atoms with van der Waals surface area (Å²) in [5, 5.41) is 25.5. The normalized spacial score (nSPS) is 34.1. The van der Waals surface area contributed by atoms with E-state index in [0.29, 0.717) is 18.6 Å². The summed E-state index contributed by atoms with van der Waals surface area (Å²) in [5.41, 5.74) is 3.69. The average Bonchev–Trinajstić information content (AvgIpc) is 3.05. The number of benzene rings is 1. The lowest BCUT2D eigenvalue weighted by Gasteiger charge is -2.45. The van der Waals surface area contributed by atoms with Crippen LogP contribution in [0.25, 0.3) is 0 Å². The van der Waals surface area contributed by atoms with Crippen LogP contribution in [0.2, 0.25) is 0 Å². The van der Waals surface area contributed by atoms with Gasteiger partial charge in [-0.1, -0.05) is 30.3 Å². The summed E-state index contributed by atoms with van der Waals surface area (Å²) in [4.78, 5) is 39.7. The molecule has 3 amide bonds. The van der Waals surface area contributed by atoms with E-state index in [1.165, 1.54) is 4.90 Å². The Hall–Kier alpha value is -2.78. The number of rotatable bonds is 4. The minimum atomic E-state index is -1.15. The Bertz CT molecular complexity index is 920. The molecule has 0 bridgehead atoms. The number of aliphatic hydroxyl groups is 2. The van der Waals surface area contributed by atoms with E-state index in [4.69, 9.17) is 4.74 Å². The monoisotopic (exact) mass is 443 g/mol.